The number of fused-ring (bicyclic) bond motifs is 1. The van der Waals surface area contributed by atoms with Crippen molar-refractivity contribution < 1.29 is 0 Å². The number of imidazole rings is 1. The number of rotatable bonds is 2. The lowest BCUT2D eigenvalue weighted by Crippen LogP contribution is -2.12. The summed E-state index contributed by atoms with van der Waals surface area (Å²) < 4.78 is 1.12. The Bertz CT molecular complexity index is 558. The zero-order chi connectivity index (χ0) is 12.5. The number of halogens is 1. The van der Waals surface area contributed by atoms with Crippen LogP contribution in [0.15, 0.2) is 16.6 Å². The van der Waals surface area contributed by atoms with Gasteiger partial charge >= 0.3 is 0 Å². The molecule has 4 heteroatoms. The first-order valence-corrected chi connectivity index (χ1v) is 8.39. The average Bonchev–Trinajstić information content (AvgIpc) is 2.73. The zero-order valence-corrected chi connectivity index (χ0v) is 12.9. The summed E-state index contributed by atoms with van der Waals surface area (Å²) in [6.45, 7) is 2.12. The normalized spacial score (nSPS) is 17.4. The van der Waals surface area contributed by atoms with Gasteiger partial charge in [0, 0.05) is 10.9 Å². The summed E-state index contributed by atoms with van der Waals surface area (Å²) in [6, 6.07) is 4.25. The van der Waals surface area contributed by atoms with Crippen molar-refractivity contribution >= 4 is 38.7 Å². The molecule has 18 heavy (non-hydrogen) atoms. The fraction of sp³-hybridized carbons (Fsp3) is 0.500. The van der Waals surface area contributed by atoms with Crippen LogP contribution in [-0.4, -0.2) is 21.5 Å². The van der Waals surface area contributed by atoms with Gasteiger partial charge in [-0.2, -0.15) is 11.8 Å². The Balaban J connectivity index is 1.86. The first kappa shape index (κ1) is 12.5. The fourth-order valence-electron chi connectivity index (χ4n) is 2.62. The van der Waals surface area contributed by atoms with Crippen LogP contribution >= 0.6 is 27.7 Å². The second kappa shape index (κ2) is 5.25. The van der Waals surface area contributed by atoms with Crippen molar-refractivity contribution in [1.82, 2.24) is 9.97 Å². The number of aryl methyl sites for hydroxylation is 1. The van der Waals surface area contributed by atoms with E-state index in [1.54, 1.807) is 0 Å². The van der Waals surface area contributed by atoms with E-state index in [-0.39, 0.29) is 0 Å². The van der Waals surface area contributed by atoms with Gasteiger partial charge in [-0.25, -0.2) is 4.98 Å². The number of H-pyrrole nitrogens is 1. The Kier molecular flexibility index (Phi) is 3.66. The van der Waals surface area contributed by atoms with E-state index < -0.39 is 0 Å². The molecule has 1 fully saturated rings. The Morgan fingerprint density at radius 1 is 1.39 bits per heavy atom. The Labute approximate surface area is 120 Å². The minimum Gasteiger partial charge on any atom is -0.342 e. The number of nitrogens with one attached hydrogen (secondary N) is 1. The molecular weight excluding hydrogens is 308 g/mol. The summed E-state index contributed by atoms with van der Waals surface area (Å²) in [5, 5.41) is 0. The van der Waals surface area contributed by atoms with Gasteiger partial charge in [0.25, 0.3) is 0 Å². The highest BCUT2D eigenvalue weighted by Crippen LogP contribution is 2.27. The number of aromatic amines is 1. The van der Waals surface area contributed by atoms with Crippen LogP contribution in [0.25, 0.3) is 11.0 Å². The van der Waals surface area contributed by atoms with Gasteiger partial charge in [-0.15, -0.1) is 0 Å². The zero-order valence-electron chi connectivity index (χ0n) is 10.5. The van der Waals surface area contributed by atoms with E-state index in [1.165, 1.54) is 29.9 Å². The van der Waals surface area contributed by atoms with Gasteiger partial charge in [-0.05, 0) is 54.9 Å². The highest BCUT2D eigenvalue weighted by Gasteiger charge is 2.16. The molecule has 1 aliphatic rings. The van der Waals surface area contributed by atoms with Crippen molar-refractivity contribution in [2.24, 2.45) is 5.92 Å². The van der Waals surface area contributed by atoms with Crippen molar-refractivity contribution in [3.05, 3.63) is 28.0 Å². The van der Waals surface area contributed by atoms with Gasteiger partial charge in [0.05, 0.1) is 11.0 Å². The van der Waals surface area contributed by atoms with Gasteiger partial charge in [-0.1, -0.05) is 15.9 Å². The van der Waals surface area contributed by atoms with Gasteiger partial charge < -0.3 is 4.98 Å². The monoisotopic (exact) mass is 324 g/mol. The molecule has 1 saturated heterocycles. The van der Waals surface area contributed by atoms with E-state index in [9.17, 15) is 0 Å². The van der Waals surface area contributed by atoms with Crippen LogP contribution in [-0.2, 0) is 6.42 Å². The van der Waals surface area contributed by atoms with E-state index in [0.717, 1.165) is 33.7 Å². The average molecular weight is 325 g/mol. The second-order valence-corrected chi connectivity index (χ2v) is 7.20. The van der Waals surface area contributed by atoms with Gasteiger partial charge in [0.1, 0.15) is 5.82 Å². The summed E-state index contributed by atoms with van der Waals surface area (Å²) in [7, 11) is 0. The topological polar surface area (TPSA) is 28.7 Å². The predicted molar refractivity (Wildman–Crippen MR) is 82.3 cm³/mol. The lowest BCUT2D eigenvalue weighted by Gasteiger charge is -2.19. The quantitative estimate of drug-likeness (QED) is 0.891. The molecule has 2 nitrogen and oxygen atoms in total. The largest absolute Gasteiger partial charge is 0.342 e. The van der Waals surface area contributed by atoms with Crippen LogP contribution in [0.2, 0.25) is 0 Å². The molecule has 0 radical (unpaired) electrons. The molecule has 2 aromatic rings. The highest BCUT2D eigenvalue weighted by atomic mass is 79.9. The molecule has 3 rings (SSSR count). The maximum atomic E-state index is 4.76. The molecule has 96 valence electrons. The third kappa shape index (κ3) is 2.59. The van der Waals surface area contributed by atoms with E-state index in [0.29, 0.717) is 0 Å². The predicted octanol–water partition coefficient (Wildman–Crippen LogP) is 4.32. The molecule has 0 spiro atoms. The van der Waals surface area contributed by atoms with E-state index in [4.69, 9.17) is 4.98 Å². The standard InChI is InChI=1S/C14H17BrN2S/c1-9-6-11(15)8-12-14(9)17-13(16-12)7-10-2-4-18-5-3-10/h6,8,10H,2-5,7H2,1H3,(H,16,17). The first-order valence-electron chi connectivity index (χ1n) is 6.45. The van der Waals surface area contributed by atoms with E-state index in [1.807, 2.05) is 0 Å². The van der Waals surface area contributed by atoms with E-state index in [2.05, 4.69) is 51.7 Å². The van der Waals surface area contributed by atoms with Crippen LogP contribution < -0.4 is 0 Å². The number of aromatic nitrogens is 2. The Morgan fingerprint density at radius 2 is 2.17 bits per heavy atom. The van der Waals surface area contributed by atoms with Crippen LogP contribution in [0, 0.1) is 12.8 Å². The Morgan fingerprint density at radius 3 is 2.94 bits per heavy atom. The summed E-state index contributed by atoms with van der Waals surface area (Å²) in [4.78, 5) is 8.24. The van der Waals surface area contributed by atoms with Crippen LogP contribution in [0.3, 0.4) is 0 Å². The summed E-state index contributed by atoms with van der Waals surface area (Å²) in [5.74, 6) is 4.60. The lowest BCUT2D eigenvalue weighted by molar-refractivity contribution is 0.478. The lowest BCUT2D eigenvalue weighted by atomic mass is 9.99. The minimum absolute atomic E-state index is 0.815. The smallest absolute Gasteiger partial charge is 0.107 e. The highest BCUT2D eigenvalue weighted by molar-refractivity contribution is 9.10. The van der Waals surface area contributed by atoms with E-state index >= 15 is 0 Å². The van der Waals surface area contributed by atoms with Crippen LogP contribution in [0.4, 0.5) is 0 Å². The number of benzene rings is 1. The molecule has 0 atom stereocenters. The summed E-state index contributed by atoms with van der Waals surface area (Å²) in [6.07, 6.45) is 3.78. The molecule has 1 aromatic heterocycles. The Hall–Kier alpha value is -0.480. The number of hydrogen-bond donors (Lipinski definition) is 1. The molecule has 0 bridgehead atoms. The first-order chi connectivity index (χ1) is 8.72. The van der Waals surface area contributed by atoms with Gasteiger partial charge in [0.2, 0.25) is 0 Å². The van der Waals surface area contributed by atoms with Gasteiger partial charge in [0.15, 0.2) is 0 Å². The maximum Gasteiger partial charge on any atom is 0.107 e. The number of hydrogen-bond acceptors (Lipinski definition) is 2. The third-order valence-electron chi connectivity index (χ3n) is 3.61. The van der Waals surface area contributed by atoms with Crippen molar-refractivity contribution in [1.29, 1.82) is 0 Å². The number of thioether (sulfide) groups is 1. The minimum atomic E-state index is 0.815. The molecule has 2 heterocycles. The van der Waals surface area contributed by atoms with Gasteiger partial charge in [-0.3, -0.25) is 0 Å². The molecule has 0 saturated carbocycles. The summed E-state index contributed by atoms with van der Waals surface area (Å²) in [5.41, 5.74) is 3.52. The maximum absolute atomic E-state index is 4.76. The number of nitrogens with zero attached hydrogens (tertiary/aromatic N) is 1. The molecule has 0 unspecified atom stereocenters. The second-order valence-electron chi connectivity index (χ2n) is 5.06. The SMILES string of the molecule is Cc1cc(Br)cc2[nH]c(CC3CCSCC3)nc12. The van der Waals surface area contributed by atoms with Crippen molar-refractivity contribution in [3.8, 4) is 0 Å². The van der Waals surface area contributed by atoms with Crippen molar-refractivity contribution in [3.63, 3.8) is 0 Å². The summed E-state index contributed by atoms with van der Waals surface area (Å²) >= 11 is 5.62. The fourth-order valence-corrected chi connectivity index (χ4v) is 4.39. The molecule has 1 aliphatic heterocycles. The molecule has 0 amide bonds. The molecule has 1 aromatic carbocycles. The molecule has 1 N–H and O–H groups in total. The molecule has 0 aliphatic carbocycles. The van der Waals surface area contributed by atoms with Crippen LogP contribution in [0.5, 0.6) is 0 Å². The van der Waals surface area contributed by atoms with Crippen molar-refractivity contribution in [2.75, 3.05) is 11.5 Å². The van der Waals surface area contributed by atoms with Crippen molar-refractivity contribution in [2.45, 2.75) is 26.2 Å². The third-order valence-corrected chi connectivity index (χ3v) is 5.12. The van der Waals surface area contributed by atoms with Crippen LogP contribution in [0.1, 0.15) is 24.2 Å². The molecular formula is C14H17BrN2S.